The first kappa shape index (κ1) is 24.2. The topological polar surface area (TPSA) is 75.3 Å². The highest BCUT2D eigenvalue weighted by atomic mass is 19.4. The predicted molar refractivity (Wildman–Crippen MR) is 132 cm³/mol. The van der Waals surface area contributed by atoms with Gasteiger partial charge in [0, 0.05) is 62.0 Å². The van der Waals surface area contributed by atoms with E-state index >= 15 is 0 Å². The number of nitrogens with one attached hydrogen (secondary N) is 1. The third-order valence-electron chi connectivity index (χ3n) is 7.22. The van der Waals surface area contributed by atoms with Crippen LogP contribution in [0.3, 0.4) is 0 Å². The highest BCUT2D eigenvalue weighted by molar-refractivity contribution is 5.82. The zero-order chi connectivity index (χ0) is 26.6. The number of aromatic nitrogens is 3. The van der Waals surface area contributed by atoms with Crippen molar-refractivity contribution in [2.45, 2.75) is 18.8 Å². The van der Waals surface area contributed by atoms with Crippen molar-refractivity contribution < 1.29 is 27.5 Å². The van der Waals surface area contributed by atoms with Gasteiger partial charge in [-0.05, 0) is 47.5 Å². The number of alkyl halides is 3. The van der Waals surface area contributed by atoms with Gasteiger partial charge in [-0.2, -0.15) is 13.2 Å². The summed E-state index contributed by atoms with van der Waals surface area (Å²) in [5, 5.41) is 11.8. The van der Waals surface area contributed by atoms with Gasteiger partial charge in [-0.3, -0.25) is 9.36 Å². The standard InChI is InChI=1S/C27H23F4N5O2/c28-20-3-1-16(2-4-20)17-10-24-25-32-7-8-36(25)23-6-5-21(9-18(23)12-35(24)11-17)34-13-19(15-37)22(14-34)33-26(38)27(29,30)31/h1-11,19,22,37H,12-15H2,(H,33,38). The molecule has 11 heteroatoms. The van der Waals surface area contributed by atoms with Gasteiger partial charge < -0.3 is 19.9 Å². The zero-order valence-electron chi connectivity index (χ0n) is 20.0. The van der Waals surface area contributed by atoms with Crippen LogP contribution in [0.2, 0.25) is 0 Å². The first-order valence-corrected chi connectivity index (χ1v) is 12.1. The van der Waals surface area contributed by atoms with Crippen LogP contribution in [-0.4, -0.2) is 57.0 Å². The number of amides is 1. The number of anilines is 1. The average Bonchev–Trinajstić information content (AvgIpc) is 3.61. The van der Waals surface area contributed by atoms with Crippen molar-refractivity contribution in [1.82, 2.24) is 19.4 Å². The number of fused-ring (bicyclic) bond motifs is 5. The lowest BCUT2D eigenvalue weighted by molar-refractivity contribution is -0.174. The van der Waals surface area contributed by atoms with Gasteiger partial charge in [0.2, 0.25) is 0 Å². The van der Waals surface area contributed by atoms with Crippen LogP contribution in [0.25, 0.3) is 28.3 Å². The summed E-state index contributed by atoms with van der Waals surface area (Å²) >= 11 is 0. The number of hydrogen-bond donors (Lipinski definition) is 2. The van der Waals surface area contributed by atoms with Crippen LogP contribution < -0.4 is 10.2 Å². The minimum absolute atomic E-state index is 0.144. The number of benzene rings is 2. The molecule has 4 aromatic rings. The van der Waals surface area contributed by atoms with Crippen molar-refractivity contribution in [2.75, 3.05) is 24.6 Å². The number of rotatable bonds is 4. The second-order valence-corrected chi connectivity index (χ2v) is 9.61. The number of carbonyl (C=O) groups is 1. The van der Waals surface area contributed by atoms with E-state index in [2.05, 4.69) is 9.55 Å². The van der Waals surface area contributed by atoms with E-state index in [1.165, 1.54) is 12.1 Å². The molecule has 2 aliphatic rings. The van der Waals surface area contributed by atoms with E-state index in [1.807, 2.05) is 51.4 Å². The second-order valence-electron chi connectivity index (χ2n) is 9.61. The van der Waals surface area contributed by atoms with E-state index in [-0.39, 0.29) is 19.0 Å². The van der Waals surface area contributed by atoms with E-state index in [9.17, 15) is 27.5 Å². The summed E-state index contributed by atoms with van der Waals surface area (Å²) in [5.41, 5.74) is 5.35. The van der Waals surface area contributed by atoms with E-state index in [0.29, 0.717) is 13.1 Å². The quantitative estimate of drug-likeness (QED) is 0.348. The van der Waals surface area contributed by atoms with Crippen molar-refractivity contribution >= 4 is 11.6 Å². The molecule has 2 unspecified atom stereocenters. The maximum absolute atomic E-state index is 13.4. The van der Waals surface area contributed by atoms with E-state index in [0.717, 1.165) is 39.6 Å². The number of hydrogen-bond acceptors (Lipinski definition) is 4. The largest absolute Gasteiger partial charge is 0.471 e. The Morgan fingerprint density at radius 2 is 1.87 bits per heavy atom. The third-order valence-corrected chi connectivity index (χ3v) is 7.22. The Bertz CT molecular complexity index is 1510. The first-order valence-electron chi connectivity index (χ1n) is 12.1. The summed E-state index contributed by atoms with van der Waals surface area (Å²) in [7, 11) is 0. The molecular formula is C27H23F4N5O2. The molecule has 1 fully saturated rings. The van der Waals surface area contributed by atoms with Crippen LogP contribution in [0.5, 0.6) is 0 Å². The van der Waals surface area contributed by atoms with Crippen molar-refractivity contribution in [3.05, 3.63) is 78.5 Å². The summed E-state index contributed by atoms with van der Waals surface area (Å²) in [6, 6.07) is 13.3. The highest BCUT2D eigenvalue weighted by Gasteiger charge is 2.43. The van der Waals surface area contributed by atoms with Crippen LogP contribution in [-0.2, 0) is 11.3 Å². The fourth-order valence-corrected chi connectivity index (χ4v) is 5.31. The minimum atomic E-state index is -4.98. The summed E-state index contributed by atoms with van der Waals surface area (Å²) in [6.45, 7) is 0.611. The summed E-state index contributed by atoms with van der Waals surface area (Å²) in [5.74, 6) is -2.09. The predicted octanol–water partition coefficient (Wildman–Crippen LogP) is 3.98. The minimum Gasteiger partial charge on any atom is -0.396 e. The molecule has 2 aromatic heterocycles. The number of aliphatic hydroxyl groups excluding tert-OH is 1. The molecule has 1 amide bonds. The van der Waals surface area contributed by atoms with E-state index < -0.39 is 24.0 Å². The number of nitrogens with zero attached hydrogens (tertiary/aromatic N) is 4. The summed E-state index contributed by atoms with van der Waals surface area (Å²) < 4.78 is 55.9. The van der Waals surface area contributed by atoms with Crippen LogP contribution >= 0.6 is 0 Å². The van der Waals surface area contributed by atoms with Crippen LogP contribution in [0.15, 0.2) is 67.1 Å². The van der Waals surface area contributed by atoms with Gasteiger partial charge in [-0.15, -0.1) is 0 Å². The Labute approximate surface area is 214 Å². The van der Waals surface area contributed by atoms with Gasteiger partial charge in [0.1, 0.15) is 5.82 Å². The molecule has 1 saturated heterocycles. The van der Waals surface area contributed by atoms with E-state index in [1.54, 1.807) is 18.3 Å². The Balaban J connectivity index is 1.32. The smallest absolute Gasteiger partial charge is 0.396 e. The molecule has 6 rings (SSSR count). The maximum Gasteiger partial charge on any atom is 0.471 e. The number of aliphatic hydroxyl groups is 1. The maximum atomic E-state index is 13.4. The molecule has 4 heterocycles. The Hall–Kier alpha value is -4.12. The summed E-state index contributed by atoms with van der Waals surface area (Å²) in [4.78, 5) is 18.0. The Morgan fingerprint density at radius 1 is 1.08 bits per heavy atom. The van der Waals surface area contributed by atoms with Crippen molar-refractivity contribution in [3.63, 3.8) is 0 Å². The molecule has 196 valence electrons. The van der Waals surface area contributed by atoms with Gasteiger partial charge in [-0.1, -0.05) is 12.1 Å². The molecule has 2 aromatic carbocycles. The highest BCUT2D eigenvalue weighted by Crippen LogP contribution is 2.36. The number of halogens is 4. The number of carbonyl (C=O) groups excluding carboxylic acids is 1. The molecule has 2 aliphatic heterocycles. The lowest BCUT2D eigenvalue weighted by atomic mass is 10.1. The molecule has 7 nitrogen and oxygen atoms in total. The van der Waals surface area contributed by atoms with Crippen LogP contribution in [0.4, 0.5) is 23.2 Å². The van der Waals surface area contributed by atoms with Crippen molar-refractivity contribution in [3.8, 4) is 28.3 Å². The van der Waals surface area contributed by atoms with Gasteiger partial charge in [-0.25, -0.2) is 9.37 Å². The average molecular weight is 526 g/mol. The van der Waals surface area contributed by atoms with Crippen LogP contribution in [0.1, 0.15) is 5.56 Å². The monoisotopic (exact) mass is 525 g/mol. The molecule has 38 heavy (non-hydrogen) atoms. The number of imidazole rings is 1. The fourth-order valence-electron chi connectivity index (χ4n) is 5.31. The molecule has 0 radical (unpaired) electrons. The zero-order valence-corrected chi connectivity index (χ0v) is 20.0. The Kier molecular flexibility index (Phi) is 5.75. The molecule has 0 spiro atoms. The van der Waals surface area contributed by atoms with Crippen molar-refractivity contribution in [2.24, 2.45) is 5.92 Å². The fraction of sp³-hybridized carbons (Fsp3) is 0.259. The molecule has 0 aliphatic carbocycles. The van der Waals surface area contributed by atoms with Gasteiger partial charge in [0.15, 0.2) is 5.82 Å². The SMILES string of the molecule is O=C(NC1CN(c2ccc3c(c2)Cn2cc(-c4ccc(F)cc4)cc2-c2nccn2-3)CC1CO)C(F)(F)F. The normalized spacial score (nSPS) is 18.5. The molecular weight excluding hydrogens is 502 g/mol. The molecule has 2 N–H and O–H groups in total. The summed E-state index contributed by atoms with van der Waals surface area (Å²) in [6.07, 6.45) is 0.590. The molecule has 0 saturated carbocycles. The first-order chi connectivity index (χ1) is 18.2. The second kappa shape index (κ2) is 9.02. The van der Waals surface area contributed by atoms with Gasteiger partial charge in [0.25, 0.3) is 0 Å². The van der Waals surface area contributed by atoms with Crippen molar-refractivity contribution in [1.29, 1.82) is 0 Å². The molecule has 2 atom stereocenters. The van der Waals surface area contributed by atoms with Gasteiger partial charge >= 0.3 is 12.1 Å². The van der Waals surface area contributed by atoms with Gasteiger partial charge in [0.05, 0.1) is 17.4 Å². The van der Waals surface area contributed by atoms with E-state index in [4.69, 9.17) is 0 Å². The molecule has 0 bridgehead atoms. The lowest BCUT2D eigenvalue weighted by Crippen LogP contribution is -2.47. The lowest BCUT2D eigenvalue weighted by Gasteiger charge is -2.21. The third kappa shape index (κ3) is 4.22. The van der Waals surface area contributed by atoms with Crippen LogP contribution in [0, 0.1) is 11.7 Å². The Morgan fingerprint density at radius 3 is 2.61 bits per heavy atom.